The molecule has 112 valence electrons. The lowest BCUT2D eigenvalue weighted by atomic mass is 9.95. The summed E-state index contributed by atoms with van der Waals surface area (Å²) in [5.41, 5.74) is 1.01. The van der Waals surface area contributed by atoms with Crippen LogP contribution in [0, 0.1) is 0 Å². The summed E-state index contributed by atoms with van der Waals surface area (Å²) in [5.74, 6) is -2.39. The number of hydrogen-bond donors (Lipinski definition) is 2. The average molecular weight is 300 g/mol. The maximum absolute atomic E-state index is 11.2. The fourth-order valence-electron chi connectivity index (χ4n) is 1.52. The SMILES string of the molecule is O=C(O)/C=C\C=C/C(=O)O.O=C1C=CC(=O)c2ccccc21. The fraction of sp³-hybridized carbons (Fsp3) is 0. The van der Waals surface area contributed by atoms with Crippen LogP contribution in [0.2, 0.25) is 0 Å². The van der Waals surface area contributed by atoms with Crippen LogP contribution in [0.5, 0.6) is 0 Å². The molecule has 0 heterocycles. The van der Waals surface area contributed by atoms with Crippen molar-refractivity contribution in [2.45, 2.75) is 0 Å². The minimum absolute atomic E-state index is 0.0924. The number of allylic oxidation sites excluding steroid dienone is 4. The van der Waals surface area contributed by atoms with Crippen molar-refractivity contribution in [3.05, 3.63) is 71.8 Å². The first-order valence-corrected chi connectivity index (χ1v) is 6.08. The number of ketones is 2. The molecule has 0 saturated carbocycles. The lowest BCUT2D eigenvalue weighted by molar-refractivity contribution is -0.132. The van der Waals surface area contributed by atoms with Gasteiger partial charge in [0.25, 0.3) is 0 Å². The average Bonchev–Trinajstić information content (AvgIpc) is 2.48. The number of carboxylic acid groups (broad SMARTS) is 2. The van der Waals surface area contributed by atoms with E-state index < -0.39 is 11.9 Å². The van der Waals surface area contributed by atoms with Gasteiger partial charge < -0.3 is 10.2 Å². The smallest absolute Gasteiger partial charge is 0.328 e. The summed E-state index contributed by atoms with van der Waals surface area (Å²) in [7, 11) is 0. The maximum atomic E-state index is 11.2. The van der Waals surface area contributed by atoms with Gasteiger partial charge in [-0.2, -0.15) is 0 Å². The van der Waals surface area contributed by atoms with E-state index in [1.807, 2.05) is 0 Å². The Balaban J connectivity index is 0.000000225. The van der Waals surface area contributed by atoms with Gasteiger partial charge in [-0.25, -0.2) is 9.59 Å². The summed E-state index contributed by atoms with van der Waals surface area (Å²) >= 11 is 0. The van der Waals surface area contributed by atoms with Gasteiger partial charge in [0.1, 0.15) is 0 Å². The highest BCUT2D eigenvalue weighted by molar-refractivity contribution is 6.21. The number of carbonyl (C=O) groups excluding carboxylic acids is 2. The maximum Gasteiger partial charge on any atom is 0.328 e. The second-order valence-electron chi connectivity index (χ2n) is 4.00. The van der Waals surface area contributed by atoms with Crippen molar-refractivity contribution in [3.8, 4) is 0 Å². The van der Waals surface area contributed by atoms with Gasteiger partial charge in [-0.1, -0.05) is 36.4 Å². The van der Waals surface area contributed by atoms with Crippen LogP contribution in [0.1, 0.15) is 20.7 Å². The highest BCUT2D eigenvalue weighted by Crippen LogP contribution is 2.15. The lowest BCUT2D eigenvalue weighted by Gasteiger charge is -2.06. The van der Waals surface area contributed by atoms with E-state index in [9.17, 15) is 19.2 Å². The van der Waals surface area contributed by atoms with Gasteiger partial charge >= 0.3 is 11.9 Å². The number of rotatable bonds is 3. The highest BCUT2D eigenvalue weighted by atomic mass is 16.4. The van der Waals surface area contributed by atoms with Gasteiger partial charge in [0, 0.05) is 23.3 Å². The van der Waals surface area contributed by atoms with Gasteiger partial charge in [0.05, 0.1) is 0 Å². The summed E-state index contributed by atoms with van der Waals surface area (Å²) in [6.45, 7) is 0. The summed E-state index contributed by atoms with van der Waals surface area (Å²) in [5, 5.41) is 16.0. The second kappa shape index (κ2) is 8.11. The molecule has 0 saturated heterocycles. The van der Waals surface area contributed by atoms with E-state index in [0.29, 0.717) is 11.1 Å². The van der Waals surface area contributed by atoms with E-state index >= 15 is 0 Å². The molecular weight excluding hydrogens is 288 g/mol. The molecule has 1 aliphatic carbocycles. The number of fused-ring (bicyclic) bond motifs is 1. The van der Waals surface area contributed by atoms with Crippen LogP contribution in [0.3, 0.4) is 0 Å². The Morgan fingerprint density at radius 1 is 0.773 bits per heavy atom. The molecule has 2 rings (SSSR count). The van der Waals surface area contributed by atoms with Gasteiger partial charge in [0.2, 0.25) is 0 Å². The molecule has 0 amide bonds. The Morgan fingerprint density at radius 2 is 1.14 bits per heavy atom. The first kappa shape index (κ1) is 16.8. The van der Waals surface area contributed by atoms with Gasteiger partial charge in [0.15, 0.2) is 11.6 Å². The van der Waals surface area contributed by atoms with Crippen LogP contribution in [-0.2, 0) is 9.59 Å². The van der Waals surface area contributed by atoms with Crippen molar-refractivity contribution in [2.75, 3.05) is 0 Å². The molecule has 1 aromatic carbocycles. The van der Waals surface area contributed by atoms with E-state index in [2.05, 4.69) is 0 Å². The molecule has 0 spiro atoms. The normalized spacial score (nSPS) is 12.9. The first-order chi connectivity index (χ1) is 10.4. The predicted molar refractivity (Wildman–Crippen MR) is 77.8 cm³/mol. The number of carboxylic acids is 2. The first-order valence-electron chi connectivity index (χ1n) is 6.08. The molecule has 2 N–H and O–H groups in total. The minimum atomic E-state index is -1.10. The molecule has 1 aliphatic rings. The molecule has 0 aliphatic heterocycles. The van der Waals surface area contributed by atoms with Crippen molar-refractivity contribution in [1.82, 2.24) is 0 Å². The highest BCUT2D eigenvalue weighted by Gasteiger charge is 2.16. The van der Waals surface area contributed by atoms with Crippen molar-refractivity contribution in [2.24, 2.45) is 0 Å². The van der Waals surface area contributed by atoms with Crippen LogP contribution in [0.15, 0.2) is 60.7 Å². The van der Waals surface area contributed by atoms with E-state index in [0.717, 1.165) is 24.3 Å². The Morgan fingerprint density at radius 3 is 1.45 bits per heavy atom. The molecule has 0 radical (unpaired) electrons. The van der Waals surface area contributed by atoms with Crippen molar-refractivity contribution < 1.29 is 29.4 Å². The number of aliphatic carboxylic acids is 2. The molecule has 22 heavy (non-hydrogen) atoms. The van der Waals surface area contributed by atoms with E-state index in [-0.39, 0.29) is 11.6 Å². The van der Waals surface area contributed by atoms with Crippen molar-refractivity contribution in [1.29, 1.82) is 0 Å². The summed E-state index contributed by atoms with van der Waals surface area (Å²) in [6.07, 6.45) is 6.58. The molecule has 0 fully saturated rings. The Bertz CT molecular complexity index is 635. The van der Waals surface area contributed by atoms with E-state index in [1.54, 1.807) is 24.3 Å². The molecular formula is C16H12O6. The second-order valence-corrected chi connectivity index (χ2v) is 4.00. The van der Waals surface area contributed by atoms with Crippen LogP contribution >= 0.6 is 0 Å². The van der Waals surface area contributed by atoms with Crippen LogP contribution in [0.4, 0.5) is 0 Å². The van der Waals surface area contributed by atoms with Crippen LogP contribution < -0.4 is 0 Å². The number of benzene rings is 1. The number of hydrogen-bond acceptors (Lipinski definition) is 4. The summed E-state index contributed by atoms with van der Waals surface area (Å²) in [6, 6.07) is 6.84. The van der Waals surface area contributed by atoms with Gasteiger partial charge in [-0.3, -0.25) is 9.59 Å². The molecule has 6 heteroatoms. The van der Waals surface area contributed by atoms with Gasteiger partial charge in [-0.05, 0) is 12.2 Å². The topological polar surface area (TPSA) is 109 Å². The van der Waals surface area contributed by atoms with E-state index in [4.69, 9.17) is 10.2 Å². The molecule has 0 aromatic heterocycles. The van der Waals surface area contributed by atoms with Gasteiger partial charge in [-0.15, -0.1) is 0 Å². The standard InChI is InChI=1S/C10H6O2.C6H6O4/c11-9-5-6-10(12)8-4-2-1-3-7(8)9;7-5(8)3-1-2-4-6(9)10/h1-6H;1-4H,(H,7,8)(H,9,10)/b;3-1-,4-2-. The molecule has 1 aromatic rings. The van der Waals surface area contributed by atoms with Crippen molar-refractivity contribution >= 4 is 23.5 Å². The molecule has 6 nitrogen and oxygen atoms in total. The van der Waals surface area contributed by atoms with Crippen LogP contribution in [-0.4, -0.2) is 33.7 Å². The third-order valence-electron chi connectivity index (χ3n) is 2.43. The van der Waals surface area contributed by atoms with E-state index in [1.165, 1.54) is 12.2 Å². The molecule has 0 atom stereocenters. The fourth-order valence-corrected chi connectivity index (χ4v) is 1.52. The monoisotopic (exact) mass is 300 g/mol. The Kier molecular flexibility index (Phi) is 6.18. The largest absolute Gasteiger partial charge is 0.478 e. The van der Waals surface area contributed by atoms with Crippen molar-refractivity contribution in [3.63, 3.8) is 0 Å². The quantitative estimate of drug-likeness (QED) is 0.651. The minimum Gasteiger partial charge on any atom is -0.478 e. The van der Waals surface area contributed by atoms with Crippen LogP contribution in [0.25, 0.3) is 0 Å². The third kappa shape index (κ3) is 5.38. The molecule has 0 bridgehead atoms. The Hall–Kier alpha value is -3.28. The summed E-state index contributed by atoms with van der Waals surface area (Å²) in [4.78, 5) is 41.9. The zero-order chi connectivity index (χ0) is 16.5. The zero-order valence-electron chi connectivity index (χ0n) is 11.3. The predicted octanol–water partition coefficient (Wildman–Crippen LogP) is 1.89. The zero-order valence-corrected chi connectivity index (χ0v) is 11.3. The Labute approximate surface area is 125 Å². The summed E-state index contributed by atoms with van der Waals surface area (Å²) < 4.78 is 0. The third-order valence-corrected chi connectivity index (χ3v) is 2.43. The number of carbonyl (C=O) groups is 4. The molecule has 0 unspecified atom stereocenters. The lowest BCUT2D eigenvalue weighted by Crippen LogP contribution is -2.10.